The molecule has 1 heterocycles. The van der Waals surface area contributed by atoms with Gasteiger partial charge in [-0.2, -0.15) is 10.4 Å². The van der Waals surface area contributed by atoms with Gasteiger partial charge in [0.05, 0.1) is 34.6 Å². The van der Waals surface area contributed by atoms with Crippen molar-refractivity contribution in [2.45, 2.75) is 0 Å². The molecule has 1 aromatic heterocycles. The van der Waals surface area contributed by atoms with E-state index in [1.54, 1.807) is 36.4 Å². The number of hydrogen-bond acceptors (Lipinski definition) is 4. The highest BCUT2D eigenvalue weighted by Gasteiger charge is 2.14. The summed E-state index contributed by atoms with van der Waals surface area (Å²) in [7, 11) is 0. The summed E-state index contributed by atoms with van der Waals surface area (Å²) in [5, 5.41) is 14.2. The summed E-state index contributed by atoms with van der Waals surface area (Å²) >= 11 is 6.33. The van der Waals surface area contributed by atoms with Crippen LogP contribution in [0, 0.1) is 11.3 Å². The summed E-state index contributed by atoms with van der Waals surface area (Å²) in [6.45, 7) is 0. The zero-order chi connectivity index (χ0) is 20.9. The lowest BCUT2D eigenvalue weighted by Crippen LogP contribution is -2.18. The standard InChI is InChI=1S/C24H15ClN4O/c25-21-7-3-1-6-19(21)23-13-20(18-5-2-4-8-22(18)28-23)24(30)29-27-15-17-11-9-16(14-26)10-12-17/h1-13,15H,(H,29,30)/b27-15-. The molecule has 0 spiro atoms. The average Bonchev–Trinajstić information content (AvgIpc) is 2.79. The van der Waals surface area contributed by atoms with Gasteiger partial charge in [-0.3, -0.25) is 4.79 Å². The van der Waals surface area contributed by atoms with Gasteiger partial charge in [-0.25, -0.2) is 10.4 Å². The van der Waals surface area contributed by atoms with Crippen molar-refractivity contribution in [3.8, 4) is 17.3 Å². The summed E-state index contributed by atoms with van der Waals surface area (Å²) in [6.07, 6.45) is 1.53. The molecule has 0 unspecified atom stereocenters. The lowest BCUT2D eigenvalue weighted by Gasteiger charge is -2.10. The molecule has 0 aliphatic heterocycles. The average molecular weight is 411 g/mol. The molecule has 30 heavy (non-hydrogen) atoms. The molecular formula is C24H15ClN4O. The van der Waals surface area contributed by atoms with Crippen molar-refractivity contribution in [2.24, 2.45) is 5.10 Å². The predicted molar refractivity (Wildman–Crippen MR) is 118 cm³/mol. The molecule has 4 rings (SSSR count). The number of hydrazone groups is 1. The van der Waals surface area contributed by atoms with Crippen molar-refractivity contribution in [3.05, 3.63) is 101 Å². The Hall–Kier alpha value is -4.01. The fourth-order valence-corrected chi connectivity index (χ4v) is 3.27. The van der Waals surface area contributed by atoms with Crippen molar-refractivity contribution in [2.75, 3.05) is 0 Å². The van der Waals surface area contributed by atoms with Crippen LogP contribution in [0.3, 0.4) is 0 Å². The Morgan fingerprint density at radius 3 is 2.53 bits per heavy atom. The van der Waals surface area contributed by atoms with E-state index in [1.807, 2.05) is 42.5 Å². The van der Waals surface area contributed by atoms with E-state index in [-0.39, 0.29) is 5.91 Å². The maximum absolute atomic E-state index is 12.9. The molecule has 1 N–H and O–H groups in total. The van der Waals surface area contributed by atoms with Gasteiger partial charge < -0.3 is 0 Å². The number of fused-ring (bicyclic) bond motifs is 1. The van der Waals surface area contributed by atoms with Crippen molar-refractivity contribution >= 4 is 34.6 Å². The lowest BCUT2D eigenvalue weighted by atomic mass is 10.0. The minimum atomic E-state index is -0.355. The normalized spacial score (nSPS) is 10.8. The van der Waals surface area contributed by atoms with Crippen LogP contribution in [0.15, 0.2) is 84.0 Å². The van der Waals surface area contributed by atoms with Crippen molar-refractivity contribution in [3.63, 3.8) is 0 Å². The topological polar surface area (TPSA) is 78.1 Å². The van der Waals surface area contributed by atoms with Crippen LogP contribution in [-0.2, 0) is 0 Å². The summed E-state index contributed by atoms with van der Waals surface area (Å²) in [6, 6.07) is 25.5. The first-order valence-electron chi connectivity index (χ1n) is 9.14. The summed E-state index contributed by atoms with van der Waals surface area (Å²) < 4.78 is 0. The summed E-state index contributed by atoms with van der Waals surface area (Å²) in [5.41, 5.74) is 6.40. The third-order valence-corrected chi connectivity index (χ3v) is 4.86. The number of nitrogens with zero attached hydrogens (tertiary/aromatic N) is 3. The maximum Gasteiger partial charge on any atom is 0.272 e. The van der Waals surface area contributed by atoms with E-state index < -0.39 is 0 Å². The van der Waals surface area contributed by atoms with Crippen LogP contribution in [-0.4, -0.2) is 17.1 Å². The Kier molecular flexibility index (Phi) is 5.51. The Morgan fingerprint density at radius 1 is 1.03 bits per heavy atom. The fourth-order valence-electron chi connectivity index (χ4n) is 3.04. The van der Waals surface area contributed by atoms with Crippen LogP contribution in [0.1, 0.15) is 21.5 Å². The molecule has 6 heteroatoms. The second kappa shape index (κ2) is 8.56. The molecule has 0 aliphatic carbocycles. The maximum atomic E-state index is 12.9. The van der Waals surface area contributed by atoms with E-state index in [1.165, 1.54) is 6.21 Å². The minimum Gasteiger partial charge on any atom is -0.267 e. The predicted octanol–water partition coefficient (Wildman–Crippen LogP) is 5.19. The van der Waals surface area contributed by atoms with Crippen molar-refractivity contribution < 1.29 is 4.79 Å². The van der Waals surface area contributed by atoms with Crippen LogP contribution < -0.4 is 5.43 Å². The molecule has 3 aromatic carbocycles. The molecule has 5 nitrogen and oxygen atoms in total. The van der Waals surface area contributed by atoms with Gasteiger partial charge in [-0.15, -0.1) is 0 Å². The van der Waals surface area contributed by atoms with Gasteiger partial charge in [-0.1, -0.05) is 60.1 Å². The zero-order valence-electron chi connectivity index (χ0n) is 15.7. The molecule has 0 radical (unpaired) electrons. The smallest absolute Gasteiger partial charge is 0.267 e. The SMILES string of the molecule is N#Cc1ccc(/C=N\NC(=O)c2cc(-c3ccccc3Cl)nc3ccccc23)cc1. The zero-order valence-corrected chi connectivity index (χ0v) is 16.5. The summed E-state index contributed by atoms with van der Waals surface area (Å²) in [4.78, 5) is 17.6. The van der Waals surface area contributed by atoms with Crippen LogP contribution in [0.25, 0.3) is 22.2 Å². The third kappa shape index (κ3) is 4.04. The summed E-state index contributed by atoms with van der Waals surface area (Å²) in [5.74, 6) is -0.355. The number of hydrogen-bond donors (Lipinski definition) is 1. The number of carbonyl (C=O) groups is 1. The van der Waals surface area contributed by atoms with E-state index in [9.17, 15) is 4.79 Å². The second-order valence-corrected chi connectivity index (χ2v) is 6.89. The van der Waals surface area contributed by atoms with Gasteiger partial charge >= 0.3 is 0 Å². The first-order chi connectivity index (χ1) is 14.7. The van der Waals surface area contributed by atoms with Crippen molar-refractivity contribution in [1.29, 1.82) is 5.26 Å². The van der Waals surface area contributed by atoms with Gasteiger partial charge in [0.2, 0.25) is 0 Å². The number of nitriles is 1. The molecule has 0 atom stereocenters. The van der Waals surface area contributed by atoms with Gasteiger partial charge in [0, 0.05) is 16.0 Å². The van der Waals surface area contributed by atoms with Gasteiger partial charge in [-0.05, 0) is 35.9 Å². The first-order valence-corrected chi connectivity index (χ1v) is 9.52. The second-order valence-electron chi connectivity index (χ2n) is 6.48. The Bertz CT molecular complexity index is 1310. The van der Waals surface area contributed by atoms with Crippen molar-refractivity contribution in [1.82, 2.24) is 10.4 Å². The first kappa shape index (κ1) is 19.3. The van der Waals surface area contributed by atoms with Gasteiger partial charge in [0.25, 0.3) is 5.91 Å². The Balaban J connectivity index is 1.66. The van der Waals surface area contributed by atoms with Crippen LogP contribution in [0.4, 0.5) is 0 Å². The highest BCUT2D eigenvalue weighted by atomic mass is 35.5. The molecule has 4 aromatic rings. The monoisotopic (exact) mass is 410 g/mol. The van der Waals surface area contributed by atoms with Crippen LogP contribution >= 0.6 is 11.6 Å². The number of aromatic nitrogens is 1. The van der Waals surface area contributed by atoms with Gasteiger partial charge in [0.1, 0.15) is 0 Å². The number of nitrogens with one attached hydrogen (secondary N) is 1. The quantitative estimate of drug-likeness (QED) is 0.371. The molecule has 0 saturated heterocycles. The number of carbonyl (C=O) groups excluding carboxylic acids is 1. The lowest BCUT2D eigenvalue weighted by molar-refractivity contribution is 0.0956. The van der Waals surface area contributed by atoms with E-state index in [0.717, 1.165) is 16.5 Å². The van der Waals surface area contributed by atoms with E-state index >= 15 is 0 Å². The number of para-hydroxylation sites is 1. The number of halogens is 1. The molecular weight excluding hydrogens is 396 g/mol. The number of pyridine rings is 1. The van der Waals surface area contributed by atoms with E-state index in [2.05, 4.69) is 21.6 Å². The molecule has 144 valence electrons. The molecule has 0 fully saturated rings. The Morgan fingerprint density at radius 2 is 1.77 bits per heavy atom. The highest BCUT2D eigenvalue weighted by molar-refractivity contribution is 6.33. The Labute approximate surface area is 178 Å². The number of amides is 1. The minimum absolute atomic E-state index is 0.355. The molecule has 0 bridgehead atoms. The molecule has 0 aliphatic rings. The van der Waals surface area contributed by atoms with E-state index in [4.69, 9.17) is 16.9 Å². The van der Waals surface area contributed by atoms with Gasteiger partial charge in [0.15, 0.2) is 0 Å². The van der Waals surface area contributed by atoms with Crippen LogP contribution in [0.2, 0.25) is 5.02 Å². The number of rotatable bonds is 4. The van der Waals surface area contributed by atoms with E-state index in [0.29, 0.717) is 27.4 Å². The third-order valence-electron chi connectivity index (χ3n) is 4.53. The highest BCUT2D eigenvalue weighted by Crippen LogP contribution is 2.29. The van der Waals surface area contributed by atoms with Crippen LogP contribution in [0.5, 0.6) is 0 Å². The largest absolute Gasteiger partial charge is 0.272 e. The number of benzene rings is 3. The fraction of sp³-hybridized carbons (Fsp3) is 0. The molecule has 1 amide bonds. The molecule has 0 saturated carbocycles.